The van der Waals surface area contributed by atoms with Gasteiger partial charge in [-0.15, -0.1) is 0 Å². The topological polar surface area (TPSA) is 75.3 Å². The summed E-state index contributed by atoms with van der Waals surface area (Å²) in [5.41, 5.74) is 4.48. The molecule has 0 aliphatic carbocycles. The number of hydrogen-bond donors (Lipinski definition) is 2. The fourth-order valence-electron chi connectivity index (χ4n) is 2.10. The zero-order valence-corrected chi connectivity index (χ0v) is 14.4. The largest absolute Gasteiger partial charge is 0.322 e. The van der Waals surface area contributed by atoms with Gasteiger partial charge in [-0.05, 0) is 61.7 Å². The summed E-state index contributed by atoms with van der Waals surface area (Å²) in [4.78, 5) is 12.4. The number of nitrogens with one attached hydrogen (secondary N) is 2. The number of anilines is 2. The second kappa shape index (κ2) is 6.42. The zero-order chi connectivity index (χ0) is 17.2. The number of sulfonamides is 1. The van der Waals surface area contributed by atoms with Gasteiger partial charge < -0.3 is 5.32 Å². The molecule has 1 amide bonds. The molecule has 23 heavy (non-hydrogen) atoms. The molecule has 5 nitrogen and oxygen atoms in total. The molecule has 0 spiro atoms. The molecule has 2 aromatic rings. The first kappa shape index (κ1) is 17.0. The fourth-order valence-corrected chi connectivity index (χ4v) is 2.71. The number of benzene rings is 2. The van der Waals surface area contributed by atoms with Crippen LogP contribution in [0.4, 0.5) is 11.4 Å². The third-order valence-electron chi connectivity index (χ3n) is 3.56. The zero-order valence-electron chi connectivity index (χ0n) is 13.6. The lowest BCUT2D eigenvalue weighted by Gasteiger charge is -2.11. The lowest BCUT2D eigenvalue weighted by atomic mass is 10.1. The van der Waals surface area contributed by atoms with Crippen LogP contribution in [0.3, 0.4) is 0 Å². The third kappa shape index (κ3) is 4.56. The van der Waals surface area contributed by atoms with E-state index in [1.54, 1.807) is 19.1 Å². The lowest BCUT2D eigenvalue weighted by Crippen LogP contribution is -2.14. The van der Waals surface area contributed by atoms with E-state index in [0.717, 1.165) is 22.9 Å². The molecular formula is C17H20N2O3S. The van der Waals surface area contributed by atoms with Gasteiger partial charge in [0.25, 0.3) is 5.91 Å². The van der Waals surface area contributed by atoms with Crippen molar-refractivity contribution in [1.29, 1.82) is 0 Å². The average molecular weight is 332 g/mol. The number of rotatable bonds is 4. The Kier molecular flexibility index (Phi) is 4.75. The molecule has 0 aromatic heterocycles. The molecule has 0 aliphatic heterocycles. The van der Waals surface area contributed by atoms with Gasteiger partial charge in [-0.3, -0.25) is 9.52 Å². The van der Waals surface area contributed by atoms with E-state index >= 15 is 0 Å². The Morgan fingerprint density at radius 3 is 2.17 bits per heavy atom. The van der Waals surface area contributed by atoms with E-state index in [0.29, 0.717) is 16.9 Å². The number of hydrogen-bond acceptors (Lipinski definition) is 3. The van der Waals surface area contributed by atoms with E-state index in [9.17, 15) is 13.2 Å². The minimum Gasteiger partial charge on any atom is -0.322 e. The summed E-state index contributed by atoms with van der Waals surface area (Å²) in [7, 11) is -3.39. The molecule has 6 heteroatoms. The van der Waals surface area contributed by atoms with Gasteiger partial charge in [0.2, 0.25) is 10.0 Å². The van der Waals surface area contributed by atoms with E-state index in [4.69, 9.17) is 0 Å². The Hall–Kier alpha value is -2.34. The van der Waals surface area contributed by atoms with Crippen LogP contribution < -0.4 is 10.0 Å². The molecule has 0 aliphatic rings. The van der Waals surface area contributed by atoms with Gasteiger partial charge in [0, 0.05) is 11.3 Å². The maximum atomic E-state index is 12.4. The van der Waals surface area contributed by atoms with Crippen LogP contribution in [-0.2, 0) is 10.0 Å². The van der Waals surface area contributed by atoms with Crippen molar-refractivity contribution in [2.45, 2.75) is 20.8 Å². The van der Waals surface area contributed by atoms with Gasteiger partial charge in [0.05, 0.1) is 11.9 Å². The van der Waals surface area contributed by atoms with Crippen LogP contribution in [0.25, 0.3) is 0 Å². The Morgan fingerprint density at radius 1 is 0.913 bits per heavy atom. The van der Waals surface area contributed by atoms with Gasteiger partial charge in [0.15, 0.2) is 0 Å². The van der Waals surface area contributed by atoms with Crippen molar-refractivity contribution in [3.8, 4) is 0 Å². The molecule has 0 bridgehead atoms. The van der Waals surface area contributed by atoms with Crippen molar-refractivity contribution in [2.75, 3.05) is 16.3 Å². The standard InChI is InChI=1S/C17H20N2O3S/c1-11-6-8-15(9-13(11)3)18-17(20)14-7-5-12(2)16(10-14)19-23(4,21)22/h5-10,19H,1-4H3,(H,18,20). The SMILES string of the molecule is Cc1ccc(NC(=O)c2ccc(C)c(NS(C)(=O)=O)c2)cc1C. The Morgan fingerprint density at radius 2 is 1.57 bits per heavy atom. The molecule has 0 heterocycles. The predicted octanol–water partition coefficient (Wildman–Crippen LogP) is 3.24. The smallest absolute Gasteiger partial charge is 0.255 e. The maximum absolute atomic E-state index is 12.4. The first-order valence-corrected chi connectivity index (χ1v) is 9.02. The highest BCUT2D eigenvalue weighted by Crippen LogP contribution is 2.20. The fraction of sp³-hybridized carbons (Fsp3) is 0.235. The van der Waals surface area contributed by atoms with E-state index < -0.39 is 10.0 Å². The lowest BCUT2D eigenvalue weighted by molar-refractivity contribution is 0.102. The van der Waals surface area contributed by atoms with Gasteiger partial charge >= 0.3 is 0 Å². The van der Waals surface area contributed by atoms with Crippen LogP contribution in [-0.4, -0.2) is 20.6 Å². The highest BCUT2D eigenvalue weighted by molar-refractivity contribution is 7.92. The van der Waals surface area contributed by atoms with Crippen molar-refractivity contribution in [3.05, 3.63) is 58.7 Å². The van der Waals surface area contributed by atoms with Crippen LogP contribution >= 0.6 is 0 Å². The van der Waals surface area contributed by atoms with Crippen molar-refractivity contribution in [1.82, 2.24) is 0 Å². The van der Waals surface area contributed by atoms with E-state index in [1.165, 1.54) is 6.07 Å². The van der Waals surface area contributed by atoms with E-state index in [1.807, 2.05) is 32.0 Å². The summed E-state index contributed by atoms with van der Waals surface area (Å²) in [5.74, 6) is -0.287. The first-order valence-electron chi connectivity index (χ1n) is 7.13. The monoisotopic (exact) mass is 332 g/mol. The minimum absolute atomic E-state index is 0.287. The second-order valence-corrected chi connectivity index (χ2v) is 7.41. The summed E-state index contributed by atoms with van der Waals surface area (Å²) in [6.07, 6.45) is 1.08. The maximum Gasteiger partial charge on any atom is 0.255 e. The first-order chi connectivity index (χ1) is 10.7. The number of aryl methyl sites for hydroxylation is 3. The molecule has 2 rings (SSSR count). The van der Waals surface area contributed by atoms with Crippen LogP contribution in [0.1, 0.15) is 27.0 Å². The van der Waals surface area contributed by atoms with Gasteiger partial charge in [-0.2, -0.15) is 0 Å². The van der Waals surface area contributed by atoms with Crippen LogP contribution in [0, 0.1) is 20.8 Å². The van der Waals surface area contributed by atoms with Crippen molar-refractivity contribution in [2.24, 2.45) is 0 Å². The molecule has 2 aromatic carbocycles. The summed E-state index contributed by atoms with van der Waals surface area (Å²) in [6.45, 7) is 5.76. The number of carbonyl (C=O) groups is 1. The summed E-state index contributed by atoms with van der Waals surface area (Å²) < 4.78 is 25.2. The Balaban J connectivity index is 2.25. The quantitative estimate of drug-likeness (QED) is 0.902. The summed E-state index contributed by atoms with van der Waals surface area (Å²) in [5, 5.41) is 2.82. The summed E-state index contributed by atoms with van der Waals surface area (Å²) >= 11 is 0. The van der Waals surface area contributed by atoms with Crippen molar-refractivity contribution < 1.29 is 13.2 Å². The number of amides is 1. The molecule has 0 saturated carbocycles. The molecular weight excluding hydrogens is 312 g/mol. The average Bonchev–Trinajstić information content (AvgIpc) is 2.44. The molecule has 2 N–H and O–H groups in total. The predicted molar refractivity (Wildman–Crippen MR) is 93.5 cm³/mol. The van der Waals surface area contributed by atoms with Crippen molar-refractivity contribution in [3.63, 3.8) is 0 Å². The van der Waals surface area contributed by atoms with Crippen LogP contribution in [0.5, 0.6) is 0 Å². The minimum atomic E-state index is -3.39. The second-order valence-electron chi connectivity index (χ2n) is 5.66. The van der Waals surface area contributed by atoms with Gasteiger partial charge in [0.1, 0.15) is 0 Å². The molecule has 0 unspecified atom stereocenters. The Labute approximate surface area is 136 Å². The van der Waals surface area contributed by atoms with E-state index in [-0.39, 0.29) is 5.91 Å². The number of carbonyl (C=O) groups excluding carboxylic acids is 1. The van der Waals surface area contributed by atoms with E-state index in [2.05, 4.69) is 10.0 Å². The molecule has 122 valence electrons. The van der Waals surface area contributed by atoms with Crippen LogP contribution in [0.2, 0.25) is 0 Å². The Bertz CT molecular complexity index is 858. The van der Waals surface area contributed by atoms with Crippen LogP contribution in [0.15, 0.2) is 36.4 Å². The third-order valence-corrected chi connectivity index (χ3v) is 4.15. The molecule has 0 fully saturated rings. The molecule has 0 saturated heterocycles. The molecule has 0 atom stereocenters. The van der Waals surface area contributed by atoms with Gasteiger partial charge in [-0.25, -0.2) is 8.42 Å². The highest BCUT2D eigenvalue weighted by atomic mass is 32.2. The van der Waals surface area contributed by atoms with Gasteiger partial charge in [-0.1, -0.05) is 12.1 Å². The normalized spacial score (nSPS) is 11.1. The highest BCUT2D eigenvalue weighted by Gasteiger charge is 2.11. The molecule has 0 radical (unpaired) electrons. The van der Waals surface area contributed by atoms with Crippen molar-refractivity contribution >= 4 is 27.3 Å². The summed E-state index contributed by atoms with van der Waals surface area (Å²) in [6, 6.07) is 10.6.